The molecule has 0 saturated heterocycles. The molecule has 1 heterocycles. The van der Waals surface area contributed by atoms with Crippen molar-refractivity contribution in [1.29, 1.82) is 5.26 Å². The molecule has 100 valence electrons. The minimum absolute atomic E-state index is 0.0693. The summed E-state index contributed by atoms with van der Waals surface area (Å²) in [6.07, 6.45) is 1.93. The van der Waals surface area contributed by atoms with E-state index in [-0.39, 0.29) is 5.91 Å². The van der Waals surface area contributed by atoms with Crippen molar-refractivity contribution in [3.05, 3.63) is 57.8 Å². The quantitative estimate of drug-likeness (QED) is 0.640. The van der Waals surface area contributed by atoms with Crippen LogP contribution in [0.5, 0.6) is 0 Å². The molecule has 1 amide bonds. The van der Waals surface area contributed by atoms with Gasteiger partial charge >= 0.3 is 0 Å². The molecular weight excluding hydrogens is 270 g/mol. The van der Waals surface area contributed by atoms with E-state index in [4.69, 9.17) is 5.26 Å². The number of likely N-dealkylation sites (N-methyl/N-ethyl adjacent to an activating group) is 1. The van der Waals surface area contributed by atoms with Crippen LogP contribution in [0.15, 0.2) is 46.9 Å². The van der Waals surface area contributed by atoms with Crippen LogP contribution in [0.4, 0.5) is 0 Å². The highest BCUT2D eigenvalue weighted by Gasteiger charge is 2.08. The molecule has 20 heavy (non-hydrogen) atoms. The van der Waals surface area contributed by atoms with Crippen molar-refractivity contribution in [2.45, 2.75) is 6.42 Å². The predicted octanol–water partition coefficient (Wildman–Crippen LogP) is 2.65. The van der Waals surface area contributed by atoms with Crippen LogP contribution in [0.3, 0.4) is 0 Å². The van der Waals surface area contributed by atoms with Gasteiger partial charge in [-0.25, -0.2) is 5.01 Å². The van der Waals surface area contributed by atoms with Gasteiger partial charge in [0.25, 0.3) is 0 Å². The van der Waals surface area contributed by atoms with E-state index in [9.17, 15) is 4.79 Å². The molecule has 2 rings (SSSR count). The largest absolute Gasteiger partial charge is 0.273 e. The lowest BCUT2D eigenvalue weighted by atomic mass is 10.1. The van der Waals surface area contributed by atoms with Gasteiger partial charge in [-0.1, -0.05) is 18.2 Å². The number of hydrogen-bond acceptors (Lipinski definition) is 4. The molecule has 1 aromatic heterocycles. The zero-order valence-corrected chi connectivity index (χ0v) is 11.8. The lowest BCUT2D eigenvalue weighted by Gasteiger charge is -2.09. The smallest absolute Gasteiger partial charge is 0.247 e. The summed E-state index contributed by atoms with van der Waals surface area (Å²) in [5.74, 6) is -0.0693. The average Bonchev–Trinajstić information content (AvgIpc) is 2.97. The molecular formula is C15H13N3OS. The Hall–Kier alpha value is -2.45. The van der Waals surface area contributed by atoms with Crippen LogP contribution < -0.4 is 0 Å². The molecule has 0 saturated carbocycles. The van der Waals surface area contributed by atoms with E-state index >= 15 is 0 Å². The second-order valence-corrected chi connectivity index (χ2v) is 5.19. The highest BCUT2D eigenvalue weighted by atomic mass is 32.1. The van der Waals surface area contributed by atoms with E-state index in [1.165, 1.54) is 5.01 Å². The van der Waals surface area contributed by atoms with Crippen molar-refractivity contribution in [3.8, 4) is 6.07 Å². The molecule has 0 spiro atoms. The fourth-order valence-corrected chi connectivity index (χ4v) is 2.28. The molecule has 0 aliphatic rings. The van der Waals surface area contributed by atoms with E-state index in [1.807, 2.05) is 23.6 Å². The fourth-order valence-electron chi connectivity index (χ4n) is 1.58. The third kappa shape index (κ3) is 3.77. The molecule has 0 atom stereocenters. The summed E-state index contributed by atoms with van der Waals surface area (Å²) in [7, 11) is 1.63. The van der Waals surface area contributed by atoms with Crippen LogP contribution >= 0.6 is 11.3 Å². The Kier molecular flexibility index (Phi) is 4.64. The highest BCUT2D eigenvalue weighted by Crippen LogP contribution is 2.10. The van der Waals surface area contributed by atoms with Crippen LogP contribution in [0.25, 0.3) is 0 Å². The third-order valence-corrected chi connectivity index (χ3v) is 3.54. The molecule has 0 aliphatic carbocycles. The monoisotopic (exact) mass is 283 g/mol. The molecule has 0 aliphatic heterocycles. The maximum atomic E-state index is 11.9. The molecule has 1 aromatic carbocycles. The van der Waals surface area contributed by atoms with E-state index in [1.54, 1.807) is 42.8 Å². The lowest BCUT2D eigenvalue weighted by molar-refractivity contribution is -0.129. The van der Waals surface area contributed by atoms with Crippen LogP contribution in [-0.4, -0.2) is 24.2 Å². The number of hydrazone groups is 1. The number of nitrogens with zero attached hydrogens (tertiary/aromatic N) is 3. The molecule has 2 aromatic rings. The van der Waals surface area contributed by atoms with Gasteiger partial charge in [-0.3, -0.25) is 4.79 Å². The lowest BCUT2D eigenvalue weighted by Crippen LogP contribution is -2.22. The number of carbonyl (C=O) groups excluding carboxylic acids is 1. The minimum Gasteiger partial charge on any atom is -0.273 e. The standard InChI is InChI=1S/C15H13N3OS/c1-18(15(19)9-14-6-3-7-20-14)17-11-13-5-2-4-12(8-13)10-16/h2-8,11H,9H2,1H3/b17-11+. The highest BCUT2D eigenvalue weighted by molar-refractivity contribution is 7.10. The summed E-state index contributed by atoms with van der Waals surface area (Å²) in [5, 5.41) is 16.2. The summed E-state index contributed by atoms with van der Waals surface area (Å²) in [6.45, 7) is 0. The summed E-state index contributed by atoms with van der Waals surface area (Å²) < 4.78 is 0. The van der Waals surface area contributed by atoms with Gasteiger partial charge in [0.2, 0.25) is 5.91 Å². The van der Waals surface area contributed by atoms with E-state index in [0.717, 1.165) is 10.4 Å². The summed E-state index contributed by atoms with van der Waals surface area (Å²) in [5.41, 5.74) is 1.36. The molecule has 4 nitrogen and oxygen atoms in total. The van der Waals surface area contributed by atoms with Gasteiger partial charge in [0.15, 0.2) is 0 Å². The zero-order valence-electron chi connectivity index (χ0n) is 11.0. The topological polar surface area (TPSA) is 56.5 Å². The first-order valence-corrected chi connectivity index (χ1v) is 6.90. The maximum Gasteiger partial charge on any atom is 0.247 e. The number of nitriles is 1. The summed E-state index contributed by atoms with van der Waals surface area (Å²) >= 11 is 1.55. The molecule has 5 heteroatoms. The van der Waals surface area contributed by atoms with Crippen molar-refractivity contribution in [2.75, 3.05) is 7.05 Å². The molecule has 0 unspecified atom stereocenters. The number of hydrogen-bond donors (Lipinski definition) is 0. The maximum absolute atomic E-state index is 11.9. The van der Waals surface area contributed by atoms with Crippen molar-refractivity contribution in [1.82, 2.24) is 5.01 Å². The Bertz CT molecular complexity index is 656. The van der Waals surface area contributed by atoms with Crippen LogP contribution in [-0.2, 0) is 11.2 Å². The number of benzene rings is 1. The summed E-state index contributed by atoms with van der Waals surface area (Å²) in [6, 6.07) is 13.0. The van der Waals surface area contributed by atoms with Crippen LogP contribution in [0.1, 0.15) is 16.0 Å². The Morgan fingerprint density at radius 3 is 3.00 bits per heavy atom. The van der Waals surface area contributed by atoms with Crippen molar-refractivity contribution in [3.63, 3.8) is 0 Å². The third-order valence-electron chi connectivity index (χ3n) is 2.66. The van der Waals surface area contributed by atoms with Crippen molar-refractivity contribution >= 4 is 23.5 Å². The second kappa shape index (κ2) is 6.64. The second-order valence-electron chi connectivity index (χ2n) is 4.16. The minimum atomic E-state index is -0.0693. The Morgan fingerprint density at radius 2 is 2.30 bits per heavy atom. The van der Waals surface area contributed by atoms with E-state index in [0.29, 0.717) is 12.0 Å². The van der Waals surface area contributed by atoms with E-state index in [2.05, 4.69) is 11.2 Å². The van der Waals surface area contributed by atoms with Crippen molar-refractivity contribution < 1.29 is 4.79 Å². The average molecular weight is 283 g/mol. The first-order valence-electron chi connectivity index (χ1n) is 6.02. The van der Waals surface area contributed by atoms with Gasteiger partial charge in [-0.15, -0.1) is 11.3 Å². The van der Waals surface area contributed by atoms with Gasteiger partial charge in [0, 0.05) is 11.9 Å². The number of thiophene rings is 1. The van der Waals surface area contributed by atoms with Gasteiger partial charge in [-0.2, -0.15) is 10.4 Å². The van der Waals surface area contributed by atoms with Crippen LogP contribution in [0, 0.1) is 11.3 Å². The van der Waals surface area contributed by atoms with Gasteiger partial charge in [0.05, 0.1) is 24.3 Å². The molecule has 0 bridgehead atoms. The number of carbonyl (C=O) groups is 1. The Balaban J connectivity index is 1.99. The predicted molar refractivity (Wildman–Crippen MR) is 79.5 cm³/mol. The Labute approximate surface area is 121 Å². The van der Waals surface area contributed by atoms with Gasteiger partial charge in [0.1, 0.15) is 0 Å². The summed E-state index contributed by atoms with van der Waals surface area (Å²) in [4.78, 5) is 12.9. The Morgan fingerprint density at radius 1 is 1.45 bits per heavy atom. The zero-order chi connectivity index (χ0) is 14.4. The first-order chi connectivity index (χ1) is 9.69. The number of amides is 1. The van der Waals surface area contributed by atoms with Gasteiger partial charge in [-0.05, 0) is 29.1 Å². The van der Waals surface area contributed by atoms with Crippen molar-refractivity contribution in [2.24, 2.45) is 5.10 Å². The van der Waals surface area contributed by atoms with E-state index < -0.39 is 0 Å². The van der Waals surface area contributed by atoms with Gasteiger partial charge < -0.3 is 0 Å². The SMILES string of the molecule is CN(/N=C/c1cccc(C#N)c1)C(=O)Cc1cccs1. The fraction of sp³-hybridized carbons (Fsp3) is 0.133. The first kappa shape index (κ1) is 14.0. The normalized spacial score (nSPS) is 10.4. The molecule has 0 fully saturated rings. The number of rotatable bonds is 4. The van der Waals surface area contributed by atoms with Crippen LogP contribution in [0.2, 0.25) is 0 Å². The molecule has 0 radical (unpaired) electrons. The molecule has 0 N–H and O–H groups in total.